The Morgan fingerprint density at radius 2 is 1.55 bits per heavy atom. The van der Waals surface area contributed by atoms with Crippen LogP contribution >= 0.6 is 23.1 Å². The summed E-state index contributed by atoms with van der Waals surface area (Å²) in [5.74, 6) is -0.727. The summed E-state index contributed by atoms with van der Waals surface area (Å²) in [6, 6.07) is 19.4. The smallest absolute Gasteiger partial charge is 0.279 e. The second-order valence-electron chi connectivity index (χ2n) is 7.27. The Balaban J connectivity index is 1.47. The first-order valence-electron chi connectivity index (χ1n) is 9.89. The molecule has 0 N–H and O–H groups in total. The van der Waals surface area contributed by atoms with E-state index in [1.165, 1.54) is 11.3 Å². The van der Waals surface area contributed by atoms with Gasteiger partial charge in [0, 0.05) is 4.88 Å². The molecule has 1 aromatic heterocycles. The molecule has 7 heteroatoms. The van der Waals surface area contributed by atoms with Crippen molar-refractivity contribution in [2.45, 2.75) is 12.8 Å². The molecule has 3 heterocycles. The lowest BCUT2D eigenvalue weighted by atomic mass is 10.0. The highest BCUT2D eigenvalue weighted by Gasteiger charge is 2.38. The number of fused-ring (bicyclic) bond motifs is 2. The van der Waals surface area contributed by atoms with Crippen LogP contribution in [0.4, 0.5) is 16.2 Å². The van der Waals surface area contributed by atoms with Crippen molar-refractivity contribution in [2.75, 3.05) is 11.4 Å². The molecular formula is C24H18N2O3S2. The van der Waals surface area contributed by atoms with Crippen LogP contribution in [0, 0.1) is 0 Å². The normalized spacial score (nSPS) is 17.0. The second-order valence-corrected chi connectivity index (χ2v) is 9.24. The summed E-state index contributed by atoms with van der Waals surface area (Å²) >= 11 is 2.37. The summed E-state index contributed by atoms with van der Waals surface area (Å²) in [6.07, 6.45) is 3.35. The highest BCUT2D eigenvalue weighted by Crippen LogP contribution is 2.37. The molecule has 2 aliphatic rings. The molecule has 0 radical (unpaired) electrons. The molecule has 0 spiro atoms. The minimum absolute atomic E-state index is 0.297. The largest absolute Gasteiger partial charge is 0.294 e. The number of hydrogen-bond donors (Lipinski definition) is 0. The minimum Gasteiger partial charge on any atom is -0.279 e. The first kappa shape index (κ1) is 19.8. The first-order chi connectivity index (χ1) is 15.1. The van der Waals surface area contributed by atoms with Gasteiger partial charge >= 0.3 is 0 Å². The molecule has 0 bridgehead atoms. The van der Waals surface area contributed by atoms with Crippen LogP contribution in [0.1, 0.15) is 16.0 Å². The molecule has 5 rings (SSSR count). The van der Waals surface area contributed by atoms with Gasteiger partial charge in [0.25, 0.3) is 17.1 Å². The van der Waals surface area contributed by atoms with E-state index in [9.17, 15) is 14.4 Å². The molecule has 1 saturated heterocycles. The molecular weight excluding hydrogens is 428 g/mol. The number of carbonyl (C=O) groups excluding carboxylic acids is 3. The molecule has 0 atom stereocenters. The van der Waals surface area contributed by atoms with Gasteiger partial charge in [-0.2, -0.15) is 0 Å². The Morgan fingerprint density at radius 3 is 2.16 bits per heavy atom. The lowest BCUT2D eigenvalue weighted by Gasteiger charge is -2.26. The third-order valence-corrected chi connectivity index (χ3v) is 7.09. The van der Waals surface area contributed by atoms with Crippen molar-refractivity contribution in [3.05, 3.63) is 87.0 Å². The SMILES string of the molecule is O=C1S/C(=C\c2cccs2)C(=O)N1CC(=O)N1c2ccccc2CCc2ccccc21. The maximum atomic E-state index is 13.5. The molecule has 1 fully saturated rings. The van der Waals surface area contributed by atoms with Gasteiger partial charge in [-0.1, -0.05) is 42.5 Å². The number of thiophene rings is 1. The Hall–Kier alpha value is -3.16. The lowest BCUT2D eigenvalue weighted by Crippen LogP contribution is -2.40. The van der Waals surface area contributed by atoms with Crippen LogP contribution in [0.15, 0.2) is 70.9 Å². The Labute approximate surface area is 188 Å². The summed E-state index contributed by atoms with van der Waals surface area (Å²) < 4.78 is 0. The number of imide groups is 1. The highest BCUT2D eigenvalue weighted by molar-refractivity contribution is 8.18. The molecule has 3 amide bonds. The average molecular weight is 447 g/mol. The zero-order valence-corrected chi connectivity index (χ0v) is 18.1. The van der Waals surface area contributed by atoms with Crippen LogP contribution < -0.4 is 4.90 Å². The molecule has 0 unspecified atom stereocenters. The summed E-state index contributed by atoms with van der Waals surface area (Å²) in [7, 11) is 0. The van der Waals surface area contributed by atoms with E-state index in [2.05, 4.69) is 0 Å². The number of thioether (sulfide) groups is 1. The quantitative estimate of drug-likeness (QED) is 0.516. The van der Waals surface area contributed by atoms with E-state index >= 15 is 0 Å². The predicted octanol–water partition coefficient (Wildman–Crippen LogP) is 5.25. The van der Waals surface area contributed by atoms with Crippen molar-refractivity contribution >= 4 is 57.6 Å². The molecule has 3 aromatic rings. The van der Waals surface area contributed by atoms with E-state index in [-0.39, 0.29) is 12.5 Å². The third kappa shape index (κ3) is 3.71. The summed E-state index contributed by atoms with van der Waals surface area (Å²) in [5, 5.41) is 1.49. The van der Waals surface area contributed by atoms with Gasteiger partial charge in [0.2, 0.25) is 0 Å². The maximum absolute atomic E-state index is 13.5. The Bertz CT molecular complexity index is 1170. The number of rotatable bonds is 3. The number of benzene rings is 2. The Morgan fingerprint density at radius 1 is 0.903 bits per heavy atom. The molecule has 2 aliphatic heterocycles. The fraction of sp³-hybridized carbons (Fsp3) is 0.125. The second kappa shape index (κ2) is 8.17. The van der Waals surface area contributed by atoms with Gasteiger partial charge in [0.05, 0.1) is 16.3 Å². The summed E-state index contributed by atoms with van der Waals surface area (Å²) in [5.41, 5.74) is 3.75. The van der Waals surface area contributed by atoms with E-state index in [0.29, 0.717) is 4.91 Å². The molecule has 0 aliphatic carbocycles. The van der Waals surface area contributed by atoms with Crippen molar-refractivity contribution < 1.29 is 14.4 Å². The Kier molecular flexibility index (Phi) is 5.21. The molecule has 5 nitrogen and oxygen atoms in total. The predicted molar refractivity (Wildman–Crippen MR) is 124 cm³/mol. The van der Waals surface area contributed by atoms with Gasteiger partial charge < -0.3 is 0 Å². The topological polar surface area (TPSA) is 57.7 Å². The van der Waals surface area contributed by atoms with Crippen molar-refractivity contribution in [3.63, 3.8) is 0 Å². The standard InChI is InChI=1S/C24H18N2O3S2/c27-22(15-25-23(28)21(31-24(25)29)14-18-8-5-13-30-18)26-19-9-3-1-6-16(19)11-12-17-7-2-4-10-20(17)26/h1-10,13-14H,11-12,15H2/b21-14-. The fourth-order valence-electron chi connectivity index (χ4n) is 3.89. The van der Waals surface area contributed by atoms with E-state index < -0.39 is 11.1 Å². The molecule has 31 heavy (non-hydrogen) atoms. The van der Waals surface area contributed by atoms with E-state index in [0.717, 1.165) is 56.9 Å². The van der Waals surface area contributed by atoms with Gasteiger partial charge in [-0.15, -0.1) is 11.3 Å². The number of nitrogens with zero attached hydrogens (tertiary/aromatic N) is 2. The van der Waals surface area contributed by atoms with E-state index in [1.807, 2.05) is 66.0 Å². The summed E-state index contributed by atoms with van der Waals surface area (Å²) in [6.45, 7) is -0.297. The lowest BCUT2D eigenvalue weighted by molar-refractivity contribution is -0.127. The van der Waals surface area contributed by atoms with Crippen molar-refractivity contribution in [3.8, 4) is 0 Å². The third-order valence-electron chi connectivity index (χ3n) is 5.36. The number of hydrogen-bond acceptors (Lipinski definition) is 5. The van der Waals surface area contributed by atoms with Crippen LogP contribution in [-0.2, 0) is 22.4 Å². The van der Waals surface area contributed by atoms with Crippen molar-refractivity contribution in [1.29, 1.82) is 0 Å². The summed E-state index contributed by atoms with van der Waals surface area (Å²) in [4.78, 5) is 42.9. The number of aryl methyl sites for hydroxylation is 2. The highest BCUT2D eigenvalue weighted by atomic mass is 32.2. The number of para-hydroxylation sites is 2. The van der Waals surface area contributed by atoms with Gasteiger partial charge in [-0.3, -0.25) is 24.2 Å². The van der Waals surface area contributed by atoms with Crippen LogP contribution in [0.2, 0.25) is 0 Å². The average Bonchev–Trinajstić information content (AvgIpc) is 3.33. The molecule has 2 aromatic carbocycles. The first-order valence-corrected chi connectivity index (χ1v) is 11.6. The van der Waals surface area contributed by atoms with Gasteiger partial charge in [0.1, 0.15) is 6.54 Å². The van der Waals surface area contributed by atoms with Gasteiger partial charge in [-0.25, -0.2) is 0 Å². The van der Waals surface area contributed by atoms with Crippen LogP contribution in [0.25, 0.3) is 6.08 Å². The maximum Gasteiger partial charge on any atom is 0.294 e. The zero-order valence-electron chi connectivity index (χ0n) is 16.5. The number of amides is 3. The minimum atomic E-state index is -0.423. The van der Waals surface area contributed by atoms with Crippen molar-refractivity contribution in [2.24, 2.45) is 0 Å². The fourth-order valence-corrected chi connectivity index (χ4v) is 5.45. The van der Waals surface area contributed by atoms with Crippen LogP contribution in [0.3, 0.4) is 0 Å². The number of anilines is 2. The molecule has 0 saturated carbocycles. The van der Waals surface area contributed by atoms with Gasteiger partial charge in [0.15, 0.2) is 0 Å². The van der Waals surface area contributed by atoms with Crippen LogP contribution in [-0.4, -0.2) is 28.5 Å². The number of carbonyl (C=O) groups is 3. The zero-order chi connectivity index (χ0) is 21.4. The van der Waals surface area contributed by atoms with E-state index in [4.69, 9.17) is 0 Å². The van der Waals surface area contributed by atoms with E-state index in [1.54, 1.807) is 11.0 Å². The molecule has 154 valence electrons. The van der Waals surface area contributed by atoms with Crippen LogP contribution in [0.5, 0.6) is 0 Å². The van der Waals surface area contributed by atoms with Crippen molar-refractivity contribution in [1.82, 2.24) is 4.90 Å². The monoisotopic (exact) mass is 446 g/mol. The van der Waals surface area contributed by atoms with Gasteiger partial charge in [-0.05, 0) is 65.4 Å².